The van der Waals surface area contributed by atoms with E-state index in [1.165, 1.54) is 0 Å². The molecule has 0 fully saturated rings. The summed E-state index contributed by atoms with van der Waals surface area (Å²) in [6.45, 7) is 8.10. The first kappa shape index (κ1) is 17.5. The normalized spacial score (nSPS) is 10.9. The molecule has 0 heterocycles. The molecule has 0 bridgehead atoms. The summed E-state index contributed by atoms with van der Waals surface area (Å²) in [5.74, 6) is 6.21. The summed E-state index contributed by atoms with van der Waals surface area (Å²) in [5.41, 5.74) is 0.729. The zero-order valence-electron chi connectivity index (χ0n) is 13.0. The van der Waals surface area contributed by atoms with Gasteiger partial charge in [-0.05, 0) is 45.0 Å². The zero-order valence-corrected chi connectivity index (χ0v) is 13.0. The number of ether oxygens (including phenoxy) is 3. The Morgan fingerprint density at radius 3 is 2.29 bits per heavy atom. The van der Waals surface area contributed by atoms with E-state index in [1.807, 2.05) is 45.0 Å². The largest absolute Gasteiger partial charge is 0.491 e. The highest BCUT2D eigenvalue weighted by Gasteiger charge is 2.08. The van der Waals surface area contributed by atoms with Crippen LogP contribution < -0.4 is 4.74 Å². The molecule has 1 aromatic rings. The Kier molecular flexibility index (Phi) is 7.84. The summed E-state index contributed by atoms with van der Waals surface area (Å²) in [6.07, 6.45) is 0. The second kappa shape index (κ2) is 9.41. The fourth-order valence-electron chi connectivity index (χ4n) is 1.50. The minimum absolute atomic E-state index is 0.124. The van der Waals surface area contributed by atoms with Gasteiger partial charge in [-0.3, -0.25) is 0 Å². The van der Waals surface area contributed by atoms with E-state index >= 15 is 0 Å². The van der Waals surface area contributed by atoms with Crippen molar-refractivity contribution in [1.29, 1.82) is 0 Å². The maximum absolute atomic E-state index is 8.61. The smallest absolute Gasteiger partial charge is 0.119 e. The van der Waals surface area contributed by atoms with Gasteiger partial charge in [-0.15, -0.1) is 0 Å². The number of hydrogen-bond donors (Lipinski definition) is 1. The zero-order chi connectivity index (χ0) is 15.6. The minimum atomic E-state index is -0.130. The summed E-state index contributed by atoms with van der Waals surface area (Å²) < 4.78 is 16.5. The van der Waals surface area contributed by atoms with Crippen LogP contribution in [0.25, 0.3) is 0 Å². The van der Waals surface area contributed by atoms with Gasteiger partial charge in [-0.25, -0.2) is 0 Å². The number of rotatable bonds is 7. The monoisotopic (exact) mass is 292 g/mol. The van der Waals surface area contributed by atoms with Gasteiger partial charge in [0.25, 0.3) is 0 Å². The summed E-state index contributed by atoms with van der Waals surface area (Å²) >= 11 is 0. The van der Waals surface area contributed by atoms with Crippen LogP contribution in [-0.4, -0.2) is 43.7 Å². The highest BCUT2D eigenvalue weighted by molar-refractivity contribution is 5.38. The van der Waals surface area contributed by atoms with E-state index in [2.05, 4.69) is 11.8 Å². The number of aliphatic hydroxyl groups excluding tert-OH is 1. The lowest BCUT2D eigenvalue weighted by Crippen LogP contribution is -2.22. The van der Waals surface area contributed by atoms with E-state index in [1.54, 1.807) is 0 Å². The van der Waals surface area contributed by atoms with E-state index in [0.717, 1.165) is 11.3 Å². The molecule has 1 N–H and O–H groups in total. The van der Waals surface area contributed by atoms with Crippen molar-refractivity contribution < 1.29 is 19.3 Å². The lowest BCUT2D eigenvalue weighted by Gasteiger charge is -2.19. The van der Waals surface area contributed by atoms with Crippen LogP contribution in [0.1, 0.15) is 26.3 Å². The van der Waals surface area contributed by atoms with E-state index in [-0.39, 0.29) is 12.2 Å². The van der Waals surface area contributed by atoms with Crippen molar-refractivity contribution in [3.63, 3.8) is 0 Å². The van der Waals surface area contributed by atoms with Crippen molar-refractivity contribution in [3.8, 4) is 17.6 Å². The average Bonchev–Trinajstić information content (AvgIpc) is 2.44. The molecule has 0 saturated heterocycles. The highest BCUT2D eigenvalue weighted by Crippen LogP contribution is 2.11. The Balaban J connectivity index is 2.13. The third-order valence-corrected chi connectivity index (χ3v) is 2.43. The topological polar surface area (TPSA) is 47.9 Å². The number of aliphatic hydroxyl groups is 1. The van der Waals surface area contributed by atoms with Crippen LogP contribution in [0.4, 0.5) is 0 Å². The van der Waals surface area contributed by atoms with E-state index in [4.69, 9.17) is 19.3 Å². The van der Waals surface area contributed by atoms with Crippen LogP contribution in [0.3, 0.4) is 0 Å². The van der Waals surface area contributed by atoms with Gasteiger partial charge in [0.2, 0.25) is 0 Å². The average molecular weight is 292 g/mol. The van der Waals surface area contributed by atoms with E-state index < -0.39 is 0 Å². The van der Waals surface area contributed by atoms with Gasteiger partial charge >= 0.3 is 0 Å². The maximum atomic E-state index is 8.61. The van der Waals surface area contributed by atoms with Gasteiger partial charge < -0.3 is 19.3 Å². The van der Waals surface area contributed by atoms with Crippen LogP contribution >= 0.6 is 0 Å². The predicted molar refractivity (Wildman–Crippen MR) is 82.4 cm³/mol. The summed E-state index contributed by atoms with van der Waals surface area (Å²) in [7, 11) is 0. The molecule has 0 aliphatic heterocycles. The van der Waals surface area contributed by atoms with Crippen molar-refractivity contribution in [1.82, 2.24) is 0 Å². The highest BCUT2D eigenvalue weighted by atomic mass is 16.5. The first-order valence-corrected chi connectivity index (χ1v) is 7.05. The fraction of sp³-hybridized carbons (Fsp3) is 0.529. The van der Waals surface area contributed by atoms with Crippen LogP contribution in [0.5, 0.6) is 5.75 Å². The Hall–Kier alpha value is -1.54. The molecule has 0 atom stereocenters. The molecule has 4 nitrogen and oxygen atoms in total. The molecule has 21 heavy (non-hydrogen) atoms. The van der Waals surface area contributed by atoms with Gasteiger partial charge in [0, 0.05) is 5.56 Å². The van der Waals surface area contributed by atoms with Crippen LogP contribution in [0, 0.1) is 11.8 Å². The third-order valence-electron chi connectivity index (χ3n) is 2.43. The van der Waals surface area contributed by atoms with Crippen molar-refractivity contribution in [2.45, 2.75) is 26.4 Å². The Morgan fingerprint density at radius 2 is 1.67 bits per heavy atom. The molecule has 116 valence electrons. The van der Waals surface area contributed by atoms with Crippen molar-refractivity contribution in [2.24, 2.45) is 0 Å². The van der Waals surface area contributed by atoms with Crippen LogP contribution in [0.2, 0.25) is 0 Å². The van der Waals surface area contributed by atoms with E-state index in [0.29, 0.717) is 26.4 Å². The predicted octanol–water partition coefficient (Wildman–Crippen LogP) is 2.24. The van der Waals surface area contributed by atoms with E-state index in [9.17, 15) is 0 Å². The molecule has 1 rings (SSSR count). The molecule has 0 aromatic heterocycles. The van der Waals surface area contributed by atoms with Crippen LogP contribution in [0.15, 0.2) is 24.3 Å². The molecule has 0 unspecified atom stereocenters. The van der Waals surface area contributed by atoms with Crippen molar-refractivity contribution in [3.05, 3.63) is 29.8 Å². The van der Waals surface area contributed by atoms with Gasteiger partial charge in [-0.2, -0.15) is 0 Å². The second-order valence-corrected chi connectivity index (χ2v) is 5.41. The molecule has 0 aliphatic carbocycles. The first-order chi connectivity index (χ1) is 10.0. The fourth-order valence-corrected chi connectivity index (χ4v) is 1.50. The molecule has 0 aliphatic rings. The van der Waals surface area contributed by atoms with Crippen LogP contribution in [-0.2, 0) is 9.47 Å². The van der Waals surface area contributed by atoms with Gasteiger partial charge in [0.1, 0.15) is 19.0 Å². The minimum Gasteiger partial charge on any atom is -0.491 e. The maximum Gasteiger partial charge on any atom is 0.119 e. The first-order valence-electron chi connectivity index (χ1n) is 7.05. The van der Waals surface area contributed by atoms with Gasteiger partial charge in [-0.1, -0.05) is 11.8 Å². The Morgan fingerprint density at radius 1 is 1.00 bits per heavy atom. The number of hydrogen-bond acceptors (Lipinski definition) is 4. The van der Waals surface area contributed by atoms with Gasteiger partial charge in [0.05, 0.1) is 25.4 Å². The molecular weight excluding hydrogens is 268 g/mol. The molecule has 0 spiro atoms. The standard InChI is InChI=1S/C17H24O4/c1-17(2,3)21-14-12-19-11-13-20-16-8-6-15(7-9-16)5-4-10-18/h6-9,18H,10-14H2,1-3H3. The Labute approximate surface area is 127 Å². The van der Waals surface area contributed by atoms with Crippen molar-refractivity contribution in [2.75, 3.05) is 33.0 Å². The van der Waals surface area contributed by atoms with Crippen molar-refractivity contribution >= 4 is 0 Å². The SMILES string of the molecule is CC(C)(C)OCCOCCOc1ccc(C#CCO)cc1. The molecule has 1 aromatic carbocycles. The molecular formula is C17H24O4. The molecule has 0 saturated carbocycles. The third kappa shape index (κ3) is 9.09. The van der Waals surface area contributed by atoms with Gasteiger partial charge in [0.15, 0.2) is 0 Å². The molecule has 4 heteroatoms. The number of benzene rings is 1. The molecule has 0 radical (unpaired) electrons. The summed E-state index contributed by atoms with van der Waals surface area (Å²) in [6, 6.07) is 7.42. The molecule has 0 amide bonds. The summed E-state index contributed by atoms with van der Waals surface area (Å²) in [4.78, 5) is 0. The summed E-state index contributed by atoms with van der Waals surface area (Å²) in [5, 5.41) is 8.61. The quantitative estimate of drug-likeness (QED) is 0.618. The Bertz CT molecular complexity index is 448. The lowest BCUT2D eigenvalue weighted by molar-refractivity contribution is -0.0375. The lowest BCUT2D eigenvalue weighted by atomic mass is 10.2. The second-order valence-electron chi connectivity index (χ2n) is 5.41.